The molecule has 13 heteroatoms. The Kier molecular flexibility index (Phi) is 12.6. The number of hydrogen-bond acceptors (Lipinski definition) is 6. The Labute approximate surface area is 296 Å². The van der Waals surface area contributed by atoms with Crippen molar-refractivity contribution in [2.75, 3.05) is 25.1 Å². The van der Waals surface area contributed by atoms with E-state index in [2.05, 4.69) is 5.32 Å². The molecular weight excluding hydrogens is 697 g/mol. The lowest BCUT2D eigenvalue weighted by Crippen LogP contribution is -2.54. The molecule has 0 aliphatic carbocycles. The highest BCUT2D eigenvalue weighted by Crippen LogP contribution is 2.33. The maximum Gasteiger partial charge on any atom is 0.264 e. The Hall–Kier alpha value is -3.96. The first-order valence-electron chi connectivity index (χ1n) is 14.9. The molecule has 4 aromatic rings. The molecular formula is C35H36Cl3N3O6S. The zero-order valence-electron chi connectivity index (χ0n) is 26.8. The molecule has 0 spiro atoms. The van der Waals surface area contributed by atoms with Crippen molar-refractivity contribution in [1.82, 2.24) is 10.2 Å². The number of rotatable bonds is 14. The highest BCUT2D eigenvalue weighted by atomic mass is 35.5. The Balaban J connectivity index is 1.86. The van der Waals surface area contributed by atoms with E-state index in [4.69, 9.17) is 44.3 Å². The van der Waals surface area contributed by atoms with E-state index in [0.29, 0.717) is 16.3 Å². The molecule has 0 aromatic heterocycles. The Morgan fingerprint density at radius 3 is 2.02 bits per heavy atom. The lowest BCUT2D eigenvalue weighted by Gasteiger charge is -2.34. The van der Waals surface area contributed by atoms with Crippen LogP contribution in [0.25, 0.3) is 0 Å². The Morgan fingerprint density at radius 1 is 0.812 bits per heavy atom. The molecule has 9 nitrogen and oxygen atoms in total. The van der Waals surface area contributed by atoms with Crippen LogP contribution in [0.2, 0.25) is 15.1 Å². The van der Waals surface area contributed by atoms with Gasteiger partial charge in [0.15, 0.2) is 11.5 Å². The highest BCUT2D eigenvalue weighted by molar-refractivity contribution is 7.92. The van der Waals surface area contributed by atoms with E-state index in [-0.39, 0.29) is 45.4 Å². The molecule has 0 saturated carbocycles. The van der Waals surface area contributed by atoms with Gasteiger partial charge in [0.2, 0.25) is 11.8 Å². The Morgan fingerprint density at radius 2 is 1.44 bits per heavy atom. The first-order valence-corrected chi connectivity index (χ1v) is 17.5. The maximum atomic E-state index is 14.6. The van der Waals surface area contributed by atoms with Crippen LogP contribution in [-0.2, 0) is 32.6 Å². The fraction of sp³-hybridized carbons (Fsp3) is 0.257. The minimum atomic E-state index is -4.41. The van der Waals surface area contributed by atoms with E-state index in [1.54, 1.807) is 18.2 Å². The second kappa shape index (κ2) is 16.4. The fourth-order valence-electron chi connectivity index (χ4n) is 5.03. The summed E-state index contributed by atoms with van der Waals surface area (Å²) in [6, 6.07) is 23.0. The summed E-state index contributed by atoms with van der Waals surface area (Å²) >= 11 is 19.3. The number of nitrogens with zero attached hydrogens (tertiary/aromatic N) is 2. The van der Waals surface area contributed by atoms with Crippen LogP contribution in [0, 0.1) is 0 Å². The van der Waals surface area contributed by atoms with E-state index in [1.807, 2.05) is 44.2 Å². The number of sulfonamides is 1. The van der Waals surface area contributed by atoms with Crippen molar-refractivity contribution in [3.8, 4) is 11.5 Å². The number of hydrogen-bond donors (Lipinski definition) is 1. The van der Waals surface area contributed by atoms with Gasteiger partial charge in [-0.25, -0.2) is 8.42 Å². The molecule has 4 aromatic carbocycles. The SMILES string of the molecule is COc1ccc(S(=O)(=O)N(CC(=O)N(Cc2c(Cl)cccc2Cl)[C@@H](Cc2ccccc2)C(=O)NC(C)C)c2ccc(Cl)cc2)cc1OC. The van der Waals surface area contributed by atoms with E-state index in [0.717, 1.165) is 9.87 Å². The van der Waals surface area contributed by atoms with E-state index in [9.17, 15) is 18.0 Å². The number of anilines is 1. The standard InChI is InChI=1S/C35H36Cl3N3O6S/c1-23(2)39-35(43)31(19-24-9-6-5-7-10-24)40(21-28-29(37)11-8-12-30(28)38)34(42)22-41(26-15-13-25(36)14-16-26)48(44,45)27-17-18-32(46-3)33(20-27)47-4/h5-18,20,23,31H,19,21-22H2,1-4H3,(H,39,43)/t31-/m0/s1. The molecule has 0 aliphatic heterocycles. The van der Waals surface area contributed by atoms with E-state index in [1.165, 1.54) is 61.6 Å². The minimum Gasteiger partial charge on any atom is -0.493 e. The summed E-state index contributed by atoms with van der Waals surface area (Å²) < 4.78 is 40.3. The zero-order valence-corrected chi connectivity index (χ0v) is 29.9. The highest BCUT2D eigenvalue weighted by Gasteiger charge is 2.35. The number of nitrogens with one attached hydrogen (secondary N) is 1. The molecule has 0 fully saturated rings. The van der Waals surface area contributed by atoms with Crippen molar-refractivity contribution >= 4 is 62.3 Å². The van der Waals surface area contributed by atoms with Crippen LogP contribution in [0.4, 0.5) is 5.69 Å². The molecule has 4 rings (SSSR count). The number of methoxy groups -OCH3 is 2. The van der Waals surface area contributed by atoms with Gasteiger partial charge in [-0.1, -0.05) is 71.2 Å². The van der Waals surface area contributed by atoms with Gasteiger partial charge >= 0.3 is 0 Å². The molecule has 0 radical (unpaired) electrons. The predicted molar refractivity (Wildman–Crippen MR) is 190 cm³/mol. The van der Waals surface area contributed by atoms with Gasteiger partial charge in [-0.15, -0.1) is 0 Å². The van der Waals surface area contributed by atoms with Crippen LogP contribution in [0.15, 0.2) is 95.9 Å². The molecule has 1 atom stereocenters. The molecule has 48 heavy (non-hydrogen) atoms. The van der Waals surface area contributed by atoms with Crippen LogP contribution < -0.4 is 19.1 Å². The molecule has 0 heterocycles. The van der Waals surface area contributed by atoms with Crippen molar-refractivity contribution < 1.29 is 27.5 Å². The third-order valence-corrected chi connectivity index (χ3v) is 10.2. The molecule has 2 amide bonds. The van der Waals surface area contributed by atoms with Crippen LogP contribution in [0.3, 0.4) is 0 Å². The smallest absolute Gasteiger partial charge is 0.264 e. The molecule has 0 unspecified atom stereocenters. The lowest BCUT2D eigenvalue weighted by atomic mass is 10.0. The second-order valence-electron chi connectivity index (χ2n) is 11.1. The van der Waals surface area contributed by atoms with Gasteiger partial charge in [0, 0.05) is 45.7 Å². The number of benzene rings is 4. The second-order valence-corrected chi connectivity index (χ2v) is 14.2. The fourth-order valence-corrected chi connectivity index (χ4v) is 7.10. The average Bonchev–Trinajstić information content (AvgIpc) is 3.06. The average molecular weight is 733 g/mol. The topological polar surface area (TPSA) is 105 Å². The van der Waals surface area contributed by atoms with Gasteiger partial charge in [0.1, 0.15) is 12.6 Å². The van der Waals surface area contributed by atoms with Crippen molar-refractivity contribution in [1.29, 1.82) is 0 Å². The largest absolute Gasteiger partial charge is 0.493 e. The predicted octanol–water partition coefficient (Wildman–Crippen LogP) is 7.02. The number of ether oxygens (including phenoxy) is 2. The van der Waals surface area contributed by atoms with Gasteiger partial charge in [0.05, 0.1) is 24.8 Å². The van der Waals surface area contributed by atoms with Crippen LogP contribution in [0.1, 0.15) is 25.0 Å². The first kappa shape index (κ1) is 36.9. The normalized spacial score (nSPS) is 11.9. The van der Waals surface area contributed by atoms with E-state index < -0.39 is 34.4 Å². The van der Waals surface area contributed by atoms with Crippen LogP contribution in [-0.4, -0.2) is 58.0 Å². The maximum absolute atomic E-state index is 14.6. The van der Waals surface area contributed by atoms with Gasteiger partial charge in [-0.2, -0.15) is 0 Å². The number of carbonyl (C=O) groups is 2. The number of amides is 2. The Bertz CT molecular complexity index is 1820. The molecule has 0 saturated heterocycles. The van der Waals surface area contributed by atoms with Crippen LogP contribution in [0.5, 0.6) is 11.5 Å². The molecule has 0 aliphatic rings. The first-order chi connectivity index (χ1) is 22.8. The minimum absolute atomic E-state index is 0.135. The van der Waals surface area contributed by atoms with Crippen molar-refractivity contribution in [3.63, 3.8) is 0 Å². The summed E-state index contributed by atoms with van der Waals surface area (Å²) in [4.78, 5) is 29.7. The van der Waals surface area contributed by atoms with Gasteiger partial charge in [-0.05, 0) is 67.9 Å². The van der Waals surface area contributed by atoms with Crippen molar-refractivity contribution in [2.24, 2.45) is 0 Å². The summed E-state index contributed by atoms with van der Waals surface area (Å²) in [5.74, 6) is -0.589. The van der Waals surface area contributed by atoms with E-state index >= 15 is 0 Å². The molecule has 0 bridgehead atoms. The number of carbonyl (C=O) groups excluding carboxylic acids is 2. The molecule has 1 N–H and O–H groups in total. The quantitative estimate of drug-likeness (QED) is 0.149. The zero-order chi connectivity index (χ0) is 35.0. The third-order valence-electron chi connectivity index (χ3n) is 7.43. The number of halogens is 3. The van der Waals surface area contributed by atoms with Gasteiger partial charge in [-0.3, -0.25) is 13.9 Å². The summed E-state index contributed by atoms with van der Waals surface area (Å²) in [5.41, 5.74) is 1.37. The summed E-state index contributed by atoms with van der Waals surface area (Å²) in [6.45, 7) is 2.77. The molecule has 254 valence electrons. The summed E-state index contributed by atoms with van der Waals surface area (Å²) in [6.07, 6.45) is 0.135. The monoisotopic (exact) mass is 731 g/mol. The lowest BCUT2D eigenvalue weighted by molar-refractivity contribution is -0.140. The van der Waals surface area contributed by atoms with Crippen LogP contribution >= 0.6 is 34.8 Å². The van der Waals surface area contributed by atoms with Gasteiger partial charge < -0.3 is 19.7 Å². The van der Waals surface area contributed by atoms with Gasteiger partial charge in [0.25, 0.3) is 10.0 Å². The third kappa shape index (κ3) is 8.93. The van der Waals surface area contributed by atoms with Crippen molar-refractivity contribution in [2.45, 2.75) is 43.8 Å². The van der Waals surface area contributed by atoms with Crippen molar-refractivity contribution in [3.05, 3.63) is 117 Å². The summed E-state index contributed by atoms with van der Waals surface area (Å²) in [5, 5.41) is 3.86. The summed E-state index contributed by atoms with van der Waals surface area (Å²) in [7, 11) is -1.58.